The van der Waals surface area contributed by atoms with E-state index in [-0.39, 0.29) is 25.0 Å². The Kier molecular flexibility index (Phi) is 5.53. The molecule has 4 aliphatic rings. The van der Waals surface area contributed by atoms with E-state index in [9.17, 15) is 19.5 Å². The van der Waals surface area contributed by atoms with Crippen LogP contribution in [0.25, 0.3) is 0 Å². The lowest BCUT2D eigenvalue weighted by molar-refractivity contribution is -0.164. The molecule has 1 spiro atoms. The summed E-state index contributed by atoms with van der Waals surface area (Å²) in [4.78, 5) is 44.3. The van der Waals surface area contributed by atoms with E-state index >= 15 is 0 Å². The third kappa shape index (κ3) is 3.06. The zero-order chi connectivity index (χ0) is 23.5. The smallest absolute Gasteiger partial charge is 0.313 e. The number of nitrogens with zero attached hydrogens (tertiary/aromatic N) is 2. The highest BCUT2D eigenvalue weighted by Gasteiger charge is 2.75. The van der Waals surface area contributed by atoms with Crippen molar-refractivity contribution in [2.24, 2.45) is 11.8 Å². The summed E-state index contributed by atoms with van der Waals surface area (Å²) in [5, 5.41) is 9.93. The monoisotopic (exact) mass is 446 g/mol. The first-order chi connectivity index (χ1) is 15.0. The van der Waals surface area contributed by atoms with E-state index in [2.05, 4.69) is 0 Å². The van der Waals surface area contributed by atoms with Crippen LogP contribution < -0.4 is 0 Å². The molecule has 0 bridgehead atoms. The van der Waals surface area contributed by atoms with E-state index in [1.165, 1.54) is 4.90 Å². The molecular formula is C24H34N2O6. The molecule has 6 atom stereocenters. The molecular weight excluding hydrogens is 412 g/mol. The zero-order valence-electron chi connectivity index (χ0n) is 19.5. The van der Waals surface area contributed by atoms with Gasteiger partial charge in [-0.05, 0) is 40.5 Å². The van der Waals surface area contributed by atoms with E-state index in [1.807, 2.05) is 52.0 Å². The second-order valence-electron chi connectivity index (χ2n) is 10.3. The number of hydrogen-bond acceptors (Lipinski definition) is 6. The summed E-state index contributed by atoms with van der Waals surface area (Å²) in [6.07, 6.45) is 8.53. The van der Waals surface area contributed by atoms with Crippen molar-refractivity contribution in [3.8, 4) is 0 Å². The highest BCUT2D eigenvalue weighted by Crippen LogP contribution is 2.58. The summed E-state index contributed by atoms with van der Waals surface area (Å²) in [6, 6.07) is -1.58. The normalized spacial score (nSPS) is 37.9. The van der Waals surface area contributed by atoms with Crippen LogP contribution in [0.1, 0.15) is 47.5 Å². The lowest BCUT2D eigenvalue weighted by Crippen LogP contribution is -2.60. The number of aliphatic hydroxyl groups is 1. The fourth-order valence-corrected chi connectivity index (χ4v) is 5.83. The van der Waals surface area contributed by atoms with Crippen LogP contribution in [0.15, 0.2) is 24.3 Å². The Morgan fingerprint density at radius 2 is 1.88 bits per heavy atom. The maximum Gasteiger partial charge on any atom is 0.313 e. The Morgan fingerprint density at radius 1 is 1.16 bits per heavy atom. The topological polar surface area (TPSA) is 96.4 Å². The molecule has 0 aromatic heterocycles. The maximum atomic E-state index is 14.0. The molecule has 8 heteroatoms. The molecule has 1 unspecified atom stereocenters. The lowest BCUT2D eigenvalue weighted by Gasteiger charge is -2.42. The second kappa shape index (κ2) is 7.70. The van der Waals surface area contributed by atoms with Gasteiger partial charge in [-0.15, -0.1) is 0 Å². The molecule has 2 saturated heterocycles. The third-order valence-corrected chi connectivity index (χ3v) is 7.39. The average Bonchev–Trinajstić information content (AvgIpc) is 3.07. The first-order valence-corrected chi connectivity index (χ1v) is 11.5. The summed E-state index contributed by atoms with van der Waals surface area (Å²) in [6.45, 7) is 9.78. The van der Waals surface area contributed by atoms with E-state index in [0.717, 1.165) is 0 Å². The van der Waals surface area contributed by atoms with Gasteiger partial charge < -0.3 is 24.4 Å². The number of likely N-dealkylation sites (tertiary alicyclic amines) is 1. The number of hydrogen-bond donors (Lipinski definition) is 1. The SMILES string of the molecule is CC[C@]12C=CCCOC(=O)[C@H]1[C@H]1C(=O)N([C@H](C)CO)C3C(=O)N(C(C)(C)C)CC=C[C@@]31O2. The molecule has 0 aromatic rings. The number of carbonyl (C=O) groups excluding carboxylic acids is 3. The van der Waals surface area contributed by atoms with Crippen LogP contribution in [-0.4, -0.2) is 81.3 Å². The van der Waals surface area contributed by atoms with Crippen molar-refractivity contribution in [3.63, 3.8) is 0 Å². The molecule has 4 heterocycles. The molecule has 32 heavy (non-hydrogen) atoms. The van der Waals surface area contributed by atoms with E-state index in [1.54, 1.807) is 11.8 Å². The Hall–Kier alpha value is -2.19. The molecule has 0 saturated carbocycles. The lowest BCUT2D eigenvalue weighted by atomic mass is 9.73. The molecule has 176 valence electrons. The predicted octanol–water partition coefficient (Wildman–Crippen LogP) is 1.43. The van der Waals surface area contributed by atoms with Gasteiger partial charge in [0.05, 0.1) is 25.2 Å². The van der Waals surface area contributed by atoms with Crippen molar-refractivity contribution < 1.29 is 29.0 Å². The highest BCUT2D eigenvalue weighted by molar-refractivity contribution is 5.99. The van der Waals surface area contributed by atoms with Crippen molar-refractivity contribution in [2.45, 2.75) is 76.3 Å². The maximum absolute atomic E-state index is 14.0. The summed E-state index contributed by atoms with van der Waals surface area (Å²) in [5.41, 5.74) is -2.83. The second-order valence-corrected chi connectivity index (χ2v) is 10.3. The number of ether oxygens (including phenoxy) is 2. The van der Waals surface area contributed by atoms with Gasteiger partial charge in [-0.3, -0.25) is 14.4 Å². The van der Waals surface area contributed by atoms with Crippen LogP contribution in [0, 0.1) is 11.8 Å². The first kappa shape index (κ1) is 23.0. The summed E-state index contributed by atoms with van der Waals surface area (Å²) >= 11 is 0. The Labute approximate surface area is 189 Å². The predicted molar refractivity (Wildman–Crippen MR) is 116 cm³/mol. The molecule has 4 rings (SSSR count). The quantitative estimate of drug-likeness (QED) is 0.520. The molecule has 2 amide bonds. The van der Waals surface area contributed by atoms with Crippen LogP contribution in [0.4, 0.5) is 0 Å². The van der Waals surface area contributed by atoms with Crippen LogP contribution in [0.5, 0.6) is 0 Å². The standard InChI is InChI=1S/C24H34N2O6/c1-6-23-10-7-8-13-31-21(30)17(23)16-19(28)26(15(2)14-27)18-20(29)25(22(3,4)5)12-9-11-24(16,18)32-23/h7,9-11,15-18,27H,6,8,12-14H2,1-5H3/t15-,16+,17-,18?,23+,24+/m1/s1. The minimum Gasteiger partial charge on any atom is -0.465 e. The van der Waals surface area contributed by atoms with E-state index in [0.29, 0.717) is 19.4 Å². The number of carbonyl (C=O) groups is 3. The van der Waals surface area contributed by atoms with E-state index < -0.39 is 46.6 Å². The van der Waals surface area contributed by atoms with E-state index in [4.69, 9.17) is 9.47 Å². The van der Waals surface area contributed by atoms with Gasteiger partial charge in [-0.1, -0.05) is 31.2 Å². The first-order valence-electron chi connectivity index (χ1n) is 11.5. The van der Waals surface area contributed by atoms with Crippen LogP contribution in [0.3, 0.4) is 0 Å². The molecule has 0 aliphatic carbocycles. The molecule has 8 nitrogen and oxygen atoms in total. The number of cyclic esters (lactones) is 1. The molecule has 4 aliphatic heterocycles. The van der Waals surface area contributed by atoms with Gasteiger partial charge in [-0.2, -0.15) is 0 Å². The Morgan fingerprint density at radius 3 is 2.50 bits per heavy atom. The number of esters is 1. The van der Waals surface area contributed by atoms with Crippen LogP contribution in [-0.2, 0) is 23.9 Å². The largest absolute Gasteiger partial charge is 0.465 e. The summed E-state index contributed by atoms with van der Waals surface area (Å²) in [5.74, 6) is -2.83. The minimum absolute atomic E-state index is 0.239. The average molecular weight is 447 g/mol. The number of amides is 2. The Balaban J connectivity index is 1.94. The molecule has 2 fully saturated rings. The van der Waals surface area contributed by atoms with Gasteiger partial charge in [0.25, 0.3) is 0 Å². The van der Waals surface area contributed by atoms with Crippen molar-refractivity contribution in [1.82, 2.24) is 9.80 Å². The van der Waals surface area contributed by atoms with Gasteiger partial charge in [0.15, 0.2) is 0 Å². The zero-order valence-corrected chi connectivity index (χ0v) is 19.5. The van der Waals surface area contributed by atoms with Gasteiger partial charge in [0, 0.05) is 12.1 Å². The van der Waals surface area contributed by atoms with Gasteiger partial charge in [-0.25, -0.2) is 0 Å². The van der Waals surface area contributed by atoms with Gasteiger partial charge in [0.2, 0.25) is 11.8 Å². The third-order valence-electron chi connectivity index (χ3n) is 7.39. The van der Waals surface area contributed by atoms with Crippen LogP contribution >= 0.6 is 0 Å². The molecule has 1 N–H and O–H groups in total. The van der Waals surface area contributed by atoms with Crippen molar-refractivity contribution in [2.75, 3.05) is 19.8 Å². The molecule has 0 aromatic carbocycles. The Bertz CT molecular complexity index is 876. The van der Waals surface area contributed by atoms with Crippen molar-refractivity contribution in [3.05, 3.63) is 24.3 Å². The van der Waals surface area contributed by atoms with Crippen molar-refractivity contribution in [1.29, 1.82) is 0 Å². The number of aliphatic hydroxyl groups excluding tert-OH is 1. The fraction of sp³-hybridized carbons (Fsp3) is 0.708. The van der Waals surface area contributed by atoms with Crippen LogP contribution in [0.2, 0.25) is 0 Å². The highest BCUT2D eigenvalue weighted by atomic mass is 16.6. The minimum atomic E-state index is -1.31. The van der Waals surface area contributed by atoms with Gasteiger partial charge in [0.1, 0.15) is 23.2 Å². The molecule has 0 radical (unpaired) electrons. The fourth-order valence-electron chi connectivity index (χ4n) is 5.83. The number of fused-ring (bicyclic) bond motifs is 2. The summed E-state index contributed by atoms with van der Waals surface area (Å²) < 4.78 is 12.3. The van der Waals surface area contributed by atoms with Gasteiger partial charge >= 0.3 is 5.97 Å². The summed E-state index contributed by atoms with van der Waals surface area (Å²) in [7, 11) is 0. The van der Waals surface area contributed by atoms with Crippen molar-refractivity contribution >= 4 is 17.8 Å². The number of rotatable bonds is 3.